The molecule has 1 aromatic heterocycles. The number of fused-ring (bicyclic) bond motifs is 1. The Morgan fingerprint density at radius 2 is 1.75 bits per heavy atom. The number of amides is 2. The van der Waals surface area contributed by atoms with Crippen LogP contribution in [-0.4, -0.2) is 16.8 Å². The van der Waals surface area contributed by atoms with Gasteiger partial charge in [0.2, 0.25) is 5.91 Å². The van der Waals surface area contributed by atoms with Gasteiger partial charge in [-0.3, -0.25) is 9.59 Å². The van der Waals surface area contributed by atoms with Crippen molar-refractivity contribution in [1.29, 1.82) is 0 Å². The van der Waals surface area contributed by atoms with Crippen molar-refractivity contribution in [2.24, 2.45) is 5.73 Å². The maximum atomic E-state index is 12.3. The monoisotopic (exact) mass is 339 g/mol. The number of aromatic nitrogens is 1. The molecule has 0 aliphatic rings. The van der Waals surface area contributed by atoms with Crippen LogP contribution in [0.15, 0.2) is 42.5 Å². The van der Waals surface area contributed by atoms with Crippen molar-refractivity contribution in [3.63, 3.8) is 0 Å². The van der Waals surface area contributed by atoms with Crippen molar-refractivity contribution >= 4 is 39.1 Å². The number of nitrogens with one attached hydrogen (secondary N) is 1. The molecule has 0 saturated heterocycles. The Balaban J connectivity index is 1.80. The summed E-state index contributed by atoms with van der Waals surface area (Å²) in [6, 6.07) is 11.9. The van der Waals surface area contributed by atoms with Gasteiger partial charge in [-0.1, -0.05) is 13.8 Å². The zero-order valence-electron chi connectivity index (χ0n) is 13.4. The first-order chi connectivity index (χ1) is 11.4. The van der Waals surface area contributed by atoms with Crippen LogP contribution in [0.5, 0.6) is 0 Å². The molecule has 1 heterocycles. The minimum Gasteiger partial charge on any atom is -0.366 e. The Bertz CT molecular complexity index is 914. The van der Waals surface area contributed by atoms with E-state index < -0.39 is 5.91 Å². The van der Waals surface area contributed by atoms with E-state index in [1.807, 2.05) is 18.2 Å². The van der Waals surface area contributed by atoms with Gasteiger partial charge in [0.05, 0.1) is 15.2 Å². The van der Waals surface area contributed by atoms with E-state index in [0.29, 0.717) is 22.7 Å². The molecule has 3 N–H and O–H groups in total. The highest BCUT2D eigenvalue weighted by Crippen LogP contribution is 2.29. The predicted octanol–water partition coefficient (Wildman–Crippen LogP) is 3.77. The molecule has 0 atom stereocenters. The van der Waals surface area contributed by atoms with Crippen molar-refractivity contribution in [2.75, 3.05) is 5.32 Å². The number of anilines is 1. The molecule has 5 nitrogen and oxygen atoms in total. The molecule has 0 fully saturated rings. The summed E-state index contributed by atoms with van der Waals surface area (Å²) >= 11 is 1.63. The fraction of sp³-hybridized carbons (Fsp3) is 0.167. The van der Waals surface area contributed by atoms with Crippen molar-refractivity contribution < 1.29 is 9.59 Å². The molecule has 0 unspecified atom stereocenters. The van der Waals surface area contributed by atoms with Gasteiger partial charge in [-0.05, 0) is 42.5 Å². The van der Waals surface area contributed by atoms with E-state index in [1.165, 1.54) is 0 Å². The lowest BCUT2D eigenvalue weighted by atomic mass is 10.1. The molecule has 0 aliphatic carbocycles. The van der Waals surface area contributed by atoms with Gasteiger partial charge in [0.1, 0.15) is 0 Å². The van der Waals surface area contributed by atoms with Gasteiger partial charge >= 0.3 is 0 Å². The number of hydrogen-bond donors (Lipinski definition) is 2. The summed E-state index contributed by atoms with van der Waals surface area (Å²) in [5.74, 6) is -0.373. The quantitative estimate of drug-likeness (QED) is 0.759. The number of thiazole rings is 1. The Labute approximate surface area is 143 Å². The summed E-state index contributed by atoms with van der Waals surface area (Å²) in [5, 5.41) is 3.94. The van der Waals surface area contributed by atoms with Gasteiger partial charge in [0.25, 0.3) is 5.91 Å². The summed E-state index contributed by atoms with van der Waals surface area (Å²) in [7, 11) is 0. The third kappa shape index (κ3) is 3.28. The van der Waals surface area contributed by atoms with E-state index in [0.717, 1.165) is 15.2 Å². The topological polar surface area (TPSA) is 85.1 Å². The summed E-state index contributed by atoms with van der Waals surface area (Å²) in [6.45, 7) is 4.21. The highest BCUT2D eigenvalue weighted by Gasteiger charge is 2.10. The first kappa shape index (κ1) is 16.1. The molecule has 0 radical (unpaired) electrons. The van der Waals surface area contributed by atoms with Gasteiger partial charge in [-0.15, -0.1) is 11.3 Å². The first-order valence-electron chi connectivity index (χ1n) is 7.56. The van der Waals surface area contributed by atoms with E-state index in [2.05, 4.69) is 24.1 Å². The SMILES string of the molecule is CC(C)c1nc2ccc(NC(=O)c3ccc(C(N)=O)cc3)cc2s1. The number of hydrogen-bond acceptors (Lipinski definition) is 4. The number of primary amides is 1. The fourth-order valence-corrected chi connectivity index (χ4v) is 3.27. The lowest BCUT2D eigenvalue weighted by molar-refractivity contribution is 0.0995. The average molecular weight is 339 g/mol. The second-order valence-electron chi connectivity index (χ2n) is 5.79. The minimum absolute atomic E-state index is 0.237. The Kier molecular flexibility index (Phi) is 4.31. The van der Waals surface area contributed by atoms with Crippen molar-refractivity contribution in [1.82, 2.24) is 4.98 Å². The number of nitrogens with two attached hydrogens (primary N) is 1. The molecular weight excluding hydrogens is 322 g/mol. The van der Waals surface area contributed by atoms with E-state index in [-0.39, 0.29) is 5.91 Å². The third-order valence-corrected chi connectivity index (χ3v) is 4.91. The van der Waals surface area contributed by atoms with E-state index in [9.17, 15) is 9.59 Å². The molecule has 24 heavy (non-hydrogen) atoms. The van der Waals surface area contributed by atoms with Gasteiger partial charge in [0.15, 0.2) is 0 Å². The molecule has 6 heteroatoms. The van der Waals surface area contributed by atoms with Crippen LogP contribution in [0.1, 0.15) is 45.5 Å². The van der Waals surface area contributed by atoms with Crippen LogP contribution in [0.25, 0.3) is 10.2 Å². The van der Waals surface area contributed by atoms with Gasteiger partial charge in [0, 0.05) is 22.7 Å². The van der Waals surface area contributed by atoms with Crippen molar-refractivity contribution in [3.05, 3.63) is 58.6 Å². The van der Waals surface area contributed by atoms with E-state index in [4.69, 9.17) is 5.73 Å². The molecule has 3 rings (SSSR count). The molecule has 0 spiro atoms. The molecule has 0 aliphatic heterocycles. The number of benzene rings is 2. The van der Waals surface area contributed by atoms with Crippen LogP contribution in [0.3, 0.4) is 0 Å². The van der Waals surface area contributed by atoms with Crippen LogP contribution in [0.2, 0.25) is 0 Å². The van der Waals surface area contributed by atoms with Crippen LogP contribution >= 0.6 is 11.3 Å². The normalized spacial score (nSPS) is 11.0. The predicted molar refractivity (Wildman–Crippen MR) is 96.6 cm³/mol. The second kappa shape index (κ2) is 6.41. The summed E-state index contributed by atoms with van der Waals surface area (Å²) in [6.07, 6.45) is 0. The molecule has 2 aromatic carbocycles. The van der Waals surface area contributed by atoms with Crippen LogP contribution in [0, 0.1) is 0 Å². The number of nitrogens with zero attached hydrogens (tertiary/aromatic N) is 1. The van der Waals surface area contributed by atoms with Crippen molar-refractivity contribution in [3.8, 4) is 0 Å². The minimum atomic E-state index is -0.515. The van der Waals surface area contributed by atoms with Gasteiger partial charge in [-0.25, -0.2) is 4.98 Å². The number of carbonyl (C=O) groups excluding carboxylic acids is 2. The highest BCUT2D eigenvalue weighted by atomic mass is 32.1. The van der Waals surface area contributed by atoms with Crippen molar-refractivity contribution in [2.45, 2.75) is 19.8 Å². The zero-order chi connectivity index (χ0) is 17.3. The van der Waals surface area contributed by atoms with E-state index in [1.54, 1.807) is 35.6 Å². The average Bonchev–Trinajstić information content (AvgIpc) is 2.98. The Morgan fingerprint density at radius 3 is 2.38 bits per heavy atom. The lowest BCUT2D eigenvalue weighted by Gasteiger charge is -2.05. The van der Waals surface area contributed by atoms with Gasteiger partial charge < -0.3 is 11.1 Å². The molecule has 122 valence electrons. The lowest BCUT2D eigenvalue weighted by Crippen LogP contribution is -2.14. The maximum absolute atomic E-state index is 12.3. The van der Waals surface area contributed by atoms with Gasteiger partial charge in [-0.2, -0.15) is 0 Å². The Morgan fingerprint density at radius 1 is 1.08 bits per heavy atom. The summed E-state index contributed by atoms with van der Waals surface area (Å²) < 4.78 is 1.04. The van der Waals surface area contributed by atoms with Crippen LogP contribution in [-0.2, 0) is 0 Å². The summed E-state index contributed by atoms with van der Waals surface area (Å²) in [4.78, 5) is 27.9. The third-order valence-electron chi connectivity index (χ3n) is 3.59. The Hall–Kier alpha value is -2.73. The standard InChI is InChI=1S/C18H17N3O2S/c1-10(2)18-21-14-8-7-13(9-15(14)24-18)20-17(23)12-5-3-11(4-6-12)16(19)22/h3-10H,1-2H3,(H2,19,22)(H,20,23). The molecule has 0 saturated carbocycles. The fourth-order valence-electron chi connectivity index (χ4n) is 2.26. The van der Waals surface area contributed by atoms with Crippen LogP contribution in [0.4, 0.5) is 5.69 Å². The molecule has 2 amide bonds. The smallest absolute Gasteiger partial charge is 0.255 e. The number of carbonyl (C=O) groups is 2. The van der Waals surface area contributed by atoms with E-state index >= 15 is 0 Å². The zero-order valence-corrected chi connectivity index (χ0v) is 14.2. The molecular formula is C18H17N3O2S. The highest BCUT2D eigenvalue weighted by molar-refractivity contribution is 7.18. The molecule has 0 bridgehead atoms. The maximum Gasteiger partial charge on any atom is 0.255 e. The second-order valence-corrected chi connectivity index (χ2v) is 6.85. The first-order valence-corrected chi connectivity index (χ1v) is 8.37. The summed E-state index contributed by atoms with van der Waals surface area (Å²) in [5.41, 5.74) is 7.69. The molecule has 3 aromatic rings. The van der Waals surface area contributed by atoms with Crippen LogP contribution < -0.4 is 11.1 Å². The largest absolute Gasteiger partial charge is 0.366 e. The number of rotatable bonds is 4.